The molecule has 0 fully saturated rings. The maximum absolute atomic E-state index is 12.3. The fourth-order valence-corrected chi connectivity index (χ4v) is 3.38. The van der Waals surface area contributed by atoms with E-state index in [1.54, 1.807) is 58.9 Å². The van der Waals surface area contributed by atoms with Crippen LogP contribution >= 0.6 is 11.6 Å². The van der Waals surface area contributed by atoms with E-state index < -0.39 is 0 Å². The van der Waals surface area contributed by atoms with Gasteiger partial charge in [-0.2, -0.15) is 0 Å². The van der Waals surface area contributed by atoms with E-state index in [0.717, 1.165) is 16.8 Å². The van der Waals surface area contributed by atoms with E-state index in [1.807, 2.05) is 42.5 Å². The van der Waals surface area contributed by atoms with Gasteiger partial charge in [-0.15, -0.1) is 0 Å². The van der Waals surface area contributed by atoms with Crippen LogP contribution in [0.15, 0.2) is 66.9 Å². The van der Waals surface area contributed by atoms with Gasteiger partial charge in [0.15, 0.2) is 17.3 Å². The monoisotopic (exact) mass is 479 g/mol. The average Bonchev–Trinajstić information content (AvgIpc) is 2.87. The van der Waals surface area contributed by atoms with Crippen molar-refractivity contribution in [3.8, 4) is 23.0 Å². The number of hydrogen-bond acceptors (Lipinski definition) is 6. The number of hydrogen-bond donors (Lipinski definition) is 1. The zero-order chi connectivity index (χ0) is 24.5. The molecule has 3 aromatic carbocycles. The molecule has 0 saturated heterocycles. The second-order valence-electron chi connectivity index (χ2n) is 7.10. The Hall–Kier alpha value is -3.90. The second kappa shape index (κ2) is 11.8. The molecule has 0 heterocycles. The first-order valence-electron chi connectivity index (χ1n) is 10.4. The van der Waals surface area contributed by atoms with Gasteiger partial charge < -0.3 is 24.3 Å². The molecule has 0 saturated carbocycles. The third kappa shape index (κ3) is 6.11. The van der Waals surface area contributed by atoms with Crippen molar-refractivity contribution in [2.75, 3.05) is 33.8 Å². The highest BCUT2D eigenvalue weighted by Crippen LogP contribution is 2.38. The number of halogens is 1. The molecular weight excluding hydrogens is 454 g/mol. The number of methoxy groups -OCH3 is 4. The normalized spacial score (nSPS) is 11.0. The number of rotatable bonds is 10. The number of ether oxygens (including phenoxy) is 4. The van der Waals surface area contributed by atoms with E-state index >= 15 is 0 Å². The molecule has 0 bridgehead atoms. The summed E-state index contributed by atoms with van der Waals surface area (Å²) >= 11 is 5.88. The van der Waals surface area contributed by atoms with E-state index in [0.29, 0.717) is 33.6 Å². The molecule has 0 aliphatic carbocycles. The zero-order valence-electron chi connectivity index (χ0n) is 19.4. The molecule has 0 atom stereocenters. The van der Waals surface area contributed by atoms with Crippen LogP contribution in [0.25, 0.3) is 12.2 Å². The van der Waals surface area contributed by atoms with E-state index in [2.05, 4.69) is 5.32 Å². The molecule has 3 rings (SSSR count). The predicted molar refractivity (Wildman–Crippen MR) is 137 cm³/mol. The third-order valence-corrected chi connectivity index (χ3v) is 5.23. The maximum Gasteiger partial charge on any atom is 0.203 e. The molecule has 0 spiro atoms. The number of carbonyl (C=O) groups excluding carboxylic acids is 1. The minimum Gasteiger partial charge on any atom is -0.495 e. The van der Waals surface area contributed by atoms with Gasteiger partial charge in [0, 0.05) is 22.9 Å². The largest absolute Gasteiger partial charge is 0.495 e. The van der Waals surface area contributed by atoms with Crippen molar-refractivity contribution < 1.29 is 23.7 Å². The number of ketones is 1. The summed E-state index contributed by atoms with van der Waals surface area (Å²) in [7, 11) is 6.32. The van der Waals surface area contributed by atoms with Gasteiger partial charge in [-0.1, -0.05) is 29.8 Å². The van der Waals surface area contributed by atoms with E-state index in [1.165, 1.54) is 6.08 Å². The van der Waals surface area contributed by atoms with Crippen molar-refractivity contribution >= 4 is 35.2 Å². The highest BCUT2D eigenvalue weighted by Gasteiger charge is 2.12. The van der Waals surface area contributed by atoms with Crippen LogP contribution in [0.5, 0.6) is 23.0 Å². The molecule has 0 radical (unpaired) electrons. The molecular formula is C27H26ClNO5. The summed E-state index contributed by atoms with van der Waals surface area (Å²) in [6, 6.07) is 16.2. The lowest BCUT2D eigenvalue weighted by Crippen LogP contribution is -1.97. The van der Waals surface area contributed by atoms with Crippen LogP contribution in [0, 0.1) is 0 Å². The number of nitrogens with one attached hydrogen (secondary N) is 1. The quantitative estimate of drug-likeness (QED) is 0.207. The first kappa shape index (κ1) is 24.7. The van der Waals surface area contributed by atoms with Gasteiger partial charge in [0.1, 0.15) is 5.75 Å². The van der Waals surface area contributed by atoms with Gasteiger partial charge >= 0.3 is 0 Å². The Kier molecular flexibility index (Phi) is 8.60. The number of carbonyl (C=O) groups is 1. The van der Waals surface area contributed by atoms with Crippen LogP contribution in [0.1, 0.15) is 21.5 Å². The van der Waals surface area contributed by atoms with Gasteiger partial charge in [0.05, 0.1) is 34.1 Å². The fraction of sp³-hybridized carbons (Fsp3) is 0.148. The van der Waals surface area contributed by atoms with Crippen molar-refractivity contribution in [1.82, 2.24) is 0 Å². The van der Waals surface area contributed by atoms with Gasteiger partial charge in [-0.3, -0.25) is 4.79 Å². The molecule has 7 heteroatoms. The van der Waals surface area contributed by atoms with Crippen molar-refractivity contribution in [2.24, 2.45) is 0 Å². The Morgan fingerprint density at radius 2 is 1.38 bits per heavy atom. The Morgan fingerprint density at radius 1 is 0.765 bits per heavy atom. The lowest BCUT2D eigenvalue weighted by molar-refractivity contribution is 0.104. The molecule has 176 valence electrons. The van der Waals surface area contributed by atoms with Gasteiger partial charge in [0.2, 0.25) is 5.75 Å². The summed E-state index contributed by atoms with van der Waals surface area (Å²) in [6.07, 6.45) is 6.94. The molecule has 3 aromatic rings. The van der Waals surface area contributed by atoms with Crippen LogP contribution in [-0.4, -0.2) is 34.2 Å². The van der Waals surface area contributed by atoms with E-state index in [9.17, 15) is 4.79 Å². The Labute approximate surface area is 204 Å². The molecule has 0 unspecified atom stereocenters. The van der Waals surface area contributed by atoms with Crippen molar-refractivity contribution in [2.45, 2.75) is 0 Å². The molecule has 6 nitrogen and oxygen atoms in total. The second-order valence-corrected chi connectivity index (χ2v) is 7.54. The smallest absolute Gasteiger partial charge is 0.203 e. The summed E-state index contributed by atoms with van der Waals surface area (Å²) in [4.78, 5) is 12.3. The first-order chi connectivity index (χ1) is 16.5. The minimum absolute atomic E-state index is 0.137. The standard InChI is InChI=1S/C27H26ClNO5/c1-31-24-12-7-18(5-6-19-16-25(32-2)27(34-4)26(17-19)33-3)15-22(24)29-14-13-23(30)20-8-10-21(28)11-9-20/h5-17,29H,1-4H3/b6-5-,14-13-. The number of allylic oxidation sites excluding steroid dienone is 1. The Balaban J connectivity index is 1.79. The van der Waals surface area contributed by atoms with E-state index in [4.69, 9.17) is 30.5 Å². The van der Waals surface area contributed by atoms with Crippen molar-refractivity contribution in [3.63, 3.8) is 0 Å². The highest BCUT2D eigenvalue weighted by molar-refractivity contribution is 6.30. The zero-order valence-corrected chi connectivity index (χ0v) is 20.2. The van der Waals surface area contributed by atoms with Crippen LogP contribution in [0.2, 0.25) is 5.02 Å². The fourth-order valence-electron chi connectivity index (χ4n) is 3.25. The molecule has 0 aliphatic heterocycles. The first-order valence-corrected chi connectivity index (χ1v) is 10.8. The van der Waals surface area contributed by atoms with Crippen LogP contribution < -0.4 is 24.3 Å². The summed E-state index contributed by atoms with van der Waals surface area (Å²) in [5.41, 5.74) is 3.08. The van der Waals surface area contributed by atoms with Crippen LogP contribution in [0.3, 0.4) is 0 Å². The Bertz CT molecular complexity index is 1180. The van der Waals surface area contributed by atoms with E-state index in [-0.39, 0.29) is 5.78 Å². The van der Waals surface area contributed by atoms with Crippen LogP contribution in [0.4, 0.5) is 5.69 Å². The van der Waals surface area contributed by atoms with Gasteiger partial charge in [0.25, 0.3) is 0 Å². The van der Waals surface area contributed by atoms with Crippen molar-refractivity contribution in [3.05, 3.63) is 88.6 Å². The molecule has 0 aliphatic rings. The number of benzene rings is 3. The van der Waals surface area contributed by atoms with Crippen molar-refractivity contribution in [1.29, 1.82) is 0 Å². The SMILES string of the molecule is COc1ccc(/C=C\c2cc(OC)c(OC)c(OC)c2)cc1N/C=C\C(=O)c1ccc(Cl)cc1. The van der Waals surface area contributed by atoms with Crippen LogP contribution in [-0.2, 0) is 0 Å². The summed E-state index contributed by atoms with van der Waals surface area (Å²) in [6.45, 7) is 0. The summed E-state index contributed by atoms with van der Waals surface area (Å²) < 4.78 is 21.6. The average molecular weight is 480 g/mol. The lowest BCUT2D eigenvalue weighted by atomic mass is 10.1. The predicted octanol–water partition coefficient (Wildman–Crippen LogP) is 6.35. The molecule has 0 amide bonds. The Morgan fingerprint density at radius 3 is 1.97 bits per heavy atom. The molecule has 34 heavy (non-hydrogen) atoms. The van der Waals surface area contributed by atoms with Gasteiger partial charge in [-0.25, -0.2) is 0 Å². The maximum atomic E-state index is 12.3. The highest BCUT2D eigenvalue weighted by atomic mass is 35.5. The number of anilines is 1. The topological polar surface area (TPSA) is 66.0 Å². The minimum atomic E-state index is -0.137. The molecule has 0 aromatic heterocycles. The lowest BCUT2D eigenvalue weighted by Gasteiger charge is -2.13. The van der Waals surface area contributed by atoms with Gasteiger partial charge in [-0.05, 0) is 59.7 Å². The summed E-state index contributed by atoms with van der Waals surface area (Å²) in [5.74, 6) is 2.20. The molecule has 1 N–H and O–H groups in total. The third-order valence-electron chi connectivity index (χ3n) is 4.98. The summed E-state index contributed by atoms with van der Waals surface area (Å²) in [5, 5.41) is 3.71.